The Morgan fingerprint density at radius 2 is 2.19 bits per heavy atom. The maximum absolute atomic E-state index is 11.6. The Kier molecular flexibility index (Phi) is 6.17. The van der Waals surface area contributed by atoms with Crippen LogP contribution < -0.4 is 5.32 Å². The van der Waals surface area contributed by atoms with E-state index in [0.717, 1.165) is 16.5 Å². The number of pyridine rings is 1. The van der Waals surface area contributed by atoms with Crippen molar-refractivity contribution in [2.75, 3.05) is 18.5 Å². The molecule has 1 aromatic heterocycles. The molecular formula is C15H14BrClN2O2. The predicted octanol–water partition coefficient (Wildman–Crippen LogP) is 3.70. The van der Waals surface area contributed by atoms with Gasteiger partial charge in [-0.25, -0.2) is 4.98 Å². The van der Waals surface area contributed by atoms with Crippen LogP contribution in [0.4, 0.5) is 5.82 Å². The SMILES string of the molecule is O=C(COCCc1cccc(Br)c1)Nc1ccc(Cl)cn1. The molecular weight excluding hydrogens is 356 g/mol. The van der Waals surface area contributed by atoms with Crippen molar-refractivity contribution in [2.24, 2.45) is 0 Å². The van der Waals surface area contributed by atoms with Crippen molar-refractivity contribution in [1.29, 1.82) is 0 Å². The summed E-state index contributed by atoms with van der Waals surface area (Å²) in [5.74, 6) is 0.221. The fraction of sp³-hybridized carbons (Fsp3) is 0.200. The molecule has 0 aliphatic carbocycles. The van der Waals surface area contributed by atoms with Gasteiger partial charge in [-0.2, -0.15) is 0 Å². The zero-order valence-corrected chi connectivity index (χ0v) is 13.5. The number of anilines is 1. The van der Waals surface area contributed by atoms with Crippen LogP contribution in [0.3, 0.4) is 0 Å². The van der Waals surface area contributed by atoms with E-state index < -0.39 is 0 Å². The highest BCUT2D eigenvalue weighted by atomic mass is 79.9. The number of ether oxygens (including phenoxy) is 1. The molecule has 4 nitrogen and oxygen atoms in total. The molecule has 1 heterocycles. The van der Waals surface area contributed by atoms with E-state index in [1.165, 1.54) is 6.20 Å². The van der Waals surface area contributed by atoms with Gasteiger partial charge in [-0.3, -0.25) is 4.79 Å². The van der Waals surface area contributed by atoms with Crippen molar-refractivity contribution in [1.82, 2.24) is 4.98 Å². The van der Waals surface area contributed by atoms with Crippen LogP contribution in [0.15, 0.2) is 47.1 Å². The average Bonchev–Trinajstić information content (AvgIpc) is 2.46. The van der Waals surface area contributed by atoms with Crippen LogP contribution >= 0.6 is 27.5 Å². The Hall–Kier alpha value is -1.43. The van der Waals surface area contributed by atoms with Crippen molar-refractivity contribution < 1.29 is 9.53 Å². The van der Waals surface area contributed by atoms with E-state index in [9.17, 15) is 4.79 Å². The number of nitrogens with zero attached hydrogens (tertiary/aromatic N) is 1. The van der Waals surface area contributed by atoms with Gasteiger partial charge in [-0.1, -0.05) is 39.7 Å². The van der Waals surface area contributed by atoms with Crippen LogP contribution in [0, 0.1) is 0 Å². The third-order valence-electron chi connectivity index (χ3n) is 2.65. The first kappa shape index (κ1) is 15.9. The summed E-state index contributed by atoms with van der Waals surface area (Å²) in [6.07, 6.45) is 2.23. The number of benzene rings is 1. The van der Waals surface area contributed by atoms with Crippen LogP contribution in [-0.4, -0.2) is 24.1 Å². The van der Waals surface area contributed by atoms with Crippen LogP contribution in [0.5, 0.6) is 0 Å². The average molecular weight is 370 g/mol. The zero-order valence-electron chi connectivity index (χ0n) is 11.2. The molecule has 110 valence electrons. The summed E-state index contributed by atoms with van der Waals surface area (Å²) >= 11 is 9.13. The highest BCUT2D eigenvalue weighted by Gasteiger charge is 2.03. The molecule has 0 aliphatic heterocycles. The molecule has 0 unspecified atom stereocenters. The summed E-state index contributed by atoms with van der Waals surface area (Å²) in [4.78, 5) is 15.6. The Balaban J connectivity index is 1.68. The lowest BCUT2D eigenvalue weighted by atomic mass is 10.2. The maximum atomic E-state index is 11.6. The van der Waals surface area contributed by atoms with Crippen molar-refractivity contribution in [2.45, 2.75) is 6.42 Å². The van der Waals surface area contributed by atoms with E-state index >= 15 is 0 Å². The second-order valence-electron chi connectivity index (χ2n) is 4.34. The molecule has 0 aliphatic rings. The molecule has 6 heteroatoms. The molecule has 0 spiro atoms. The summed E-state index contributed by atoms with van der Waals surface area (Å²) in [7, 11) is 0. The summed E-state index contributed by atoms with van der Waals surface area (Å²) < 4.78 is 6.39. The van der Waals surface area contributed by atoms with Gasteiger partial charge in [-0.15, -0.1) is 0 Å². The smallest absolute Gasteiger partial charge is 0.251 e. The van der Waals surface area contributed by atoms with Gasteiger partial charge in [0.1, 0.15) is 12.4 Å². The maximum Gasteiger partial charge on any atom is 0.251 e. The number of rotatable bonds is 6. The zero-order chi connectivity index (χ0) is 15.1. The molecule has 0 bridgehead atoms. The number of hydrogen-bond acceptors (Lipinski definition) is 3. The summed E-state index contributed by atoms with van der Waals surface area (Å²) in [5, 5.41) is 3.16. The Morgan fingerprint density at radius 1 is 1.33 bits per heavy atom. The Bertz CT molecular complexity index is 605. The van der Waals surface area contributed by atoms with Gasteiger partial charge in [-0.05, 0) is 36.2 Å². The molecule has 1 N–H and O–H groups in total. The normalized spacial score (nSPS) is 10.4. The molecule has 0 radical (unpaired) electrons. The van der Waals surface area contributed by atoms with Gasteiger partial charge in [0, 0.05) is 10.7 Å². The van der Waals surface area contributed by atoms with Gasteiger partial charge in [0.2, 0.25) is 0 Å². The van der Waals surface area contributed by atoms with Crippen LogP contribution in [-0.2, 0) is 16.0 Å². The lowest BCUT2D eigenvalue weighted by Crippen LogP contribution is -2.19. The lowest BCUT2D eigenvalue weighted by molar-refractivity contribution is -0.120. The first-order valence-corrected chi connectivity index (χ1v) is 7.54. The standard InChI is InChI=1S/C15H14BrClN2O2/c16-12-3-1-2-11(8-12)6-7-21-10-15(20)19-14-5-4-13(17)9-18-14/h1-5,8-9H,6-7,10H2,(H,18,19,20). The second-order valence-corrected chi connectivity index (χ2v) is 5.69. The van der Waals surface area contributed by atoms with Crippen LogP contribution in [0.1, 0.15) is 5.56 Å². The number of hydrogen-bond donors (Lipinski definition) is 1. The first-order chi connectivity index (χ1) is 10.1. The minimum Gasteiger partial charge on any atom is -0.371 e. The first-order valence-electron chi connectivity index (χ1n) is 6.37. The molecule has 0 saturated heterocycles. The van der Waals surface area contributed by atoms with Crippen molar-refractivity contribution in [3.8, 4) is 0 Å². The molecule has 0 fully saturated rings. The van der Waals surface area contributed by atoms with Crippen LogP contribution in [0.2, 0.25) is 5.02 Å². The lowest BCUT2D eigenvalue weighted by Gasteiger charge is -2.06. The molecule has 0 saturated carbocycles. The third-order valence-corrected chi connectivity index (χ3v) is 3.37. The van der Waals surface area contributed by atoms with Gasteiger partial charge >= 0.3 is 0 Å². The molecule has 1 amide bonds. The predicted molar refractivity (Wildman–Crippen MR) is 86.5 cm³/mol. The number of carbonyl (C=O) groups excluding carboxylic acids is 1. The Morgan fingerprint density at radius 3 is 2.90 bits per heavy atom. The molecule has 21 heavy (non-hydrogen) atoms. The Labute approximate surface area is 136 Å². The topological polar surface area (TPSA) is 51.2 Å². The molecule has 0 atom stereocenters. The summed E-state index contributed by atoms with van der Waals surface area (Å²) in [5.41, 5.74) is 1.16. The minimum atomic E-state index is -0.237. The van der Waals surface area contributed by atoms with Crippen LogP contribution in [0.25, 0.3) is 0 Å². The van der Waals surface area contributed by atoms with E-state index in [1.54, 1.807) is 12.1 Å². The fourth-order valence-electron chi connectivity index (χ4n) is 1.68. The van der Waals surface area contributed by atoms with E-state index in [-0.39, 0.29) is 12.5 Å². The number of halogens is 2. The summed E-state index contributed by atoms with van der Waals surface area (Å²) in [6, 6.07) is 11.3. The number of aromatic nitrogens is 1. The monoisotopic (exact) mass is 368 g/mol. The number of carbonyl (C=O) groups is 1. The largest absolute Gasteiger partial charge is 0.371 e. The van der Waals surface area contributed by atoms with E-state index in [1.807, 2.05) is 24.3 Å². The highest BCUT2D eigenvalue weighted by molar-refractivity contribution is 9.10. The highest BCUT2D eigenvalue weighted by Crippen LogP contribution is 2.12. The van der Waals surface area contributed by atoms with Crippen molar-refractivity contribution >= 4 is 39.3 Å². The number of amides is 1. The number of nitrogens with one attached hydrogen (secondary N) is 1. The second kappa shape index (κ2) is 8.12. The van der Waals surface area contributed by atoms with E-state index in [4.69, 9.17) is 16.3 Å². The van der Waals surface area contributed by atoms with Gasteiger partial charge in [0.05, 0.1) is 11.6 Å². The molecule has 2 rings (SSSR count). The fourth-order valence-corrected chi connectivity index (χ4v) is 2.23. The van der Waals surface area contributed by atoms with E-state index in [2.05, 4.69) is 26.2 Å². The van der Waals surface area contributed by atoms with Crippen molar-refractivity contribution in [3.05, 3.63) is 57.7 Å². The van der Waals surface area contributed by atoms with Gasteiger partial charge < -0.3 is 10.1 Å². The van der Waals surface area contributed by atoms with Gasteiger partial charge in [0.25, 0.3) is 5.91 Å². The summed E-state index contributed by atoms with van der Waals surface area (Å²) in [6.45, 7) is 0.482. The molecule has 1 aromatic carbocycles. The quantitative estimate of drug-likeness (QED) is 0.790. The minimum absolute atomic E-state index is 0.00168. The molecule has 2 aromatic rings. The van der Waals surface area contributed by atoms with Crippen molar-refractivity contribution in [3.63, 3.8) is 0 Å². The van der Waals surface area contributed by atoms with Gasteiger partial charge in [0.15, 0.2) is 0 Å². The van der Waals surface area contributed by atoms with E-state index in [0.29, 0.717) is 17.4 Å². The third kappa shape index (κ3) is 5.83.